The Bertz CT molecular complexity index is 5440. The van der Waals surface area contributed by atoms with Crippen molar-refractivity contribution in [3.8, 4) is 0 Å². The lowest BCUT2D eigenvalue weighted by atomic mass is 10.1. The molecule has 10 rings (SSSR count). The van der Waals surface area contributed by atoms with Crippen LogP contribution in [-0.4, -0.2) is 221 Å². The molecule has 0 bridgehead atoms. The van der Waals surface area contributed by atoms with Crippen molar-refractivity contribution >= 4 is 185 Å². The van der Waals surface area contributed by atoms with Crippen molar-refractivity contribution in [2.75, 3.05) is 39.6 Å². The molecule has 10 aliphatic heterocycles. The van der Waals surface area contributed by atoms with Gasteiger partial charge >= 0.3 is 0 Å². The maximum Gasteiger partial charge on any atom is 0.278 e. The van der Waals surface area contributed by atoms with Crippen molar-refractivity contribution in [3.05, 3.63) is 118 Å². The maximum atomic E-state index is 11.6. The Kier molecular flexibility index (Phi) is 46.3. The SMILES string of the molecule is C=C1N=C(N)C(Br)=CN1C1CC(O)C(COP(=O)([O-])OP(=O)([O-])OP(=O)([O-])[O-])O1.C=C1N=C(N)C(C)=CN1C1CC(O)C(COP(=O)([O-])OP(=O)([O-])OP(=O)([O-])[O-])O1.C=C1N=C(N)C(CO)=CN1C1CC(O)C(COP(=O)([O-])OP(=O)([O-])OP(=O)([O-])[O-])O1.C=C1N=C(N)C(I)=CN1C1CC(O)C(COP(=O)([O-])OP(=O)([O-])OP(=O)([O-])[O-])O1.C=C1N=C(N)C(O)=CN1C1CC(O)C(COP(=O)([O-])OP(=O)([O-])OP(=O)([O-])[O-])O1. The normalized spacial score (nSPS) is 29.7. The molecular formula is C52H72BrIN15O62P15-20. The lowest BCUT2D eigenvalue weighted by Gasteiger charge is -2.37. The fraction of sp³-hybridized carbons (Fsp3) is 0.519. The largest absolute Gasteiger partial charge is 0.790 e. The van der Waals surface area contributed by atoms with E-state index in [0.29, 0.717) is 13.6 Å². The highest BCUT2D eigenvalue weighted by Gasteiger charge is 2.46. The number of phosphoric acid groups is 15. The van der Waals surface area contributed by atoms with E-state index < -0.39 is 255 Å². The second kappa shape index (κ2) is 51.6. The van der Waals surface area contributed by atoms with E-state index in [9.17, 15) is 202 Å². The summed E-state index contributed by atoms with van der Waals surface area (Å²) < 4.78 is 246. The van der Waals surface area contributed by atoms with Crippen molar-refractivity contribution in [3.63, 3.8) is 0 Å². The van der Waals surface area contributed by atoms with Crippen LogP contribution in [0.1, 0.15) is 39.0 Å². The molecule has 0 aromatic heterocycles. The van der Waals surface area contributed by atoms with E-state index in [1.807, 2.05) is 22.6 Å². The molecule has 25 unspecified atom stereocenters. The van der Waals surface area contributed by atoms with Gasteiger partial charge in [0.2, 0.25) is 0 Å². The third-order valence-corrected chi connectivity index (χ3v) is 37.1. The fourth-order valence-electron chi connectivity index (χ4n) is 11.6. The molecule has 25 atom stereocenters. The van der Waals surface area contributed by atoms with Crippen molar-refractivity contribution in [2.45, 2.75) is 131 Å². The van der Waals surface area contributed by atoms with Crippen LogP contribution in [0.2, 0.25) is 0 Å². The van der Waals surface area contributed by atoms with Crippen LogP contribution in [0, 0.1) is 0 Å². The van der Waals surface area contributed by atoms with Gasteiger partial charge in [-0.2, -0.15) is 0 Å². The van der Waals surface area contributed by atoms with Crippen molar-refractivity contribution < 1.29 is 291 Å². The number of ether oxygens (including phenoxy) is 5. The molecule has 836 valence electrons. The molecule has 10 heterocycles. The molecule has 5 fully saturated rings. The molecule has 0 spiro atoms. The second-order valence-corrected chi connectivity index (χ2v) is 51.6. The molecule has 10 aliphatic rings. The monoisotopic (exact) mass is 2570 g/mol. The lowest BCUT2D eigenvalue weighted by molar-refractivity contribution is -0.342. The van der Waals surface area contributed by atoms with Gasteiger partial charge in [-0.3, -0.25) is 67.2 Å². The summed E-state index contributed by atoms with van der Waals surface area (Å²) in [5, 5.41) is 69.0. The number of amidine groups is 5. The van der Waals surface area contributed by atoms with Crippen LogP contribution in [0.15, 0.2) is 143 Å². The van der Waals surface area contributed by atoms with E-state index in [-0.39, 0.29) is 96.0 Å². The molecule has 5 saturated heterocycles. The molecule has 0 aromatic carbocycles. The maximum absolute atomic E-state index is 11.6. The first kappa shape index (κ1) is 131. The van der Waals surface area contributed by atoms with E-state index in [0.717, 1.165) is 6.20 Å². The molecule has 0 saturated carbocycles. The predicted molar refractivity (Wildman–Crippen MR) is 443 cm³/mol. The van der Waals surface area contributed by atoms with Gasteiger partial charge in [-0.15, -0.1) is 0 Å². The van der Waals surface area contributed by atoms with Crippen molar-refractivity contribution in [1.82, 2.24) is 24.5 Å². The number of hydrogen-bond acceptors (Lipinski definition) is 77. The van der Waals surface area contributed by atoms with Crippen LogP contribution >= 0.6 is 156 Å². The van der Waals surface area contributed by atoms with Crippen LogP contribution in [0.4, 0.5) is 0 Å². The topological polar surface area (TPSA) is 1250 Å². The van der Waals surface area contributed by atoms with Gasteiger partial charge in [0.25, 0.3) is 78.2 Å². The average molecular weight is 2570 g/mol. The summed E-state index contributed by atoms with van der Waals surface area (Å²) in [6, 6.07) is 0. The Hall–Kier alpha value is -3.63. The second-order valence-electron chi connectivity index (χ2n) is 28.4. The number of aliphatic imine (C=N–C) groups is 5. The number of nitrogens with zero attached hydrogens (tertiary/aromatic N) is 10. The van der Waals surface area contributed by atoms with E-state index >= 15 is 0 Å². The summed E-state index contributed by atoms with van der Waals surface area (Å²) in [5.41, 5.74) is 28.8. The van der Waals surface area contributed by atoms with Gasteiger partial charge in [0.1, 0.15) is 114 Å². The Labute approximate surface area is 838 Å². The zero-order valence-corrected chi connectivity index (χ0v) is 88.9. The zero-order chi connectivity index (χ0) is 112. The number of aliphatic hydroxyl groups excluding tert-OH is 7. The number of rotatable bonds is 41. The van der Waals surface area contributed by atoms with Gasteiger partial charge in [0.15, 0.2) is 11.6 Å². The Balaban J connectivity index is 0.000000279. The van der Waals surface area contributed by atoms with Crippen LogP contribution in [0.5, 0.6) is 0 Å². The Morgan fingerprint density at radius 2 is 0.548 bits per heavy atom. The average Bonchev–Trinajstić information content (AvgIpc) is 1.66. The summed E-state index contributed by atoms with van der Waals surface area (Å²) in [4.78, 5) is 242. The lowest BCUT2D eigenvalue weighted by Crippen LogP contribution is -2.35. The highest BCUT2D eigenvalue weighted by atomic mass is 127. The summed E-state index contributed by atoms with van der Waals surface area (Å²) in [5.74, 6) is 0.728. The van der Waals surface area contributed by atoms with Gasteiger partial charge in [0, 0.05) is 68.1 Å². The minimum absolute atomic E-state index is 0.0189. The summed E-state index contributed by atoms with van der Waals surface area (Å²) in [7, 11) is -89.3. The molecule has 17 N–H and O–H groups in total. The predicted octanol–water partition coefficient (Wildman–Crippen LogP) is -14.2. The number of nitrogens with two attached hydrogens (primary N) is 5. The molecule has 0 radical (unpaired) electrons. The van der Waals surface area contributed by atoms with E-state index in [1.165, 1.54) is 36.9 Å². The zero-order valence-electron chi connectivity index (χ0n) is 71.8. The molecule has 77 nitrogen and oxygen atoms in total. The van der Waals surface area contributed by atoms with Gasteiger partial charge in [-0.25, -0.2) is 46.5 Å². The Morgan fingerprint density at radius 3 is 0.801 bits per heavy atom. The first-order valence-corrected chi connectivity index (χ1v) is 61.2. The Morgan fingerprint density at radius 1 is 0.336 bits per heavy atom. The first-order valence-electron chi connectivity index (χ1n) is 37.4. The molecule has 94 heteroatoms. The van der Waals surface area contributed by atoms with E-state index in [2.05, 4.69) is 140 Å². The van der Waals surface area contributed by atoms with E-state index in [1.54, 1.807) is 19.3 Å². The van der Waals surface area contributed by atoms with Gasteiger partial charge in [-0.05, 0) is 45.4 Å². The molecule has 146 heavy (non-hydrogen) atoms. The fourth-order valence-corrected chi connectivity index (χ4v) is 26.6. The third-order valence-electron chi connectivity index (χ3n) is 17.3. The van der Waals surface area contributed by atoms with Crippen LogP contribution in [-0.2, 0) is 158 Å². The van der Waals surface area contributed by atoms with Gasteiger partial charge < -0.3 is 256 Å². The first-order chi connectivity index (χ1) is 66.0. The van der Waals surface area contributed by atoms with Crippen molar-refractivity contribution in [2.24, 2.45) is 53.6 Å². The molecule has 0 amide bonds. The molecule has 0 aromatic rings. The number of aliphatic hydroxyl groups is 7. The number of phosphoric ester groups is 5. The smallest absolute Gasteiger partial charge is 0.278 e. The van der Waals surface area contributed by atoms with Gasteiger partial charge in [0.05, 0.1) is 124 Å². The van der Waals surface area contributed by atoms with Crippen LogP contribution in [0.3, 0.4) is 0 Å². The quantitative estimate of drug-likeness (QED) is 0.0200. The van der Waals surface area contributed by atoms with Crippen LogP contribution < -0.4 is 127 Å². The highest BCUT2D eigenvalue weighted by molar-refractivity contribution is 14.1. The van der Waals surface area contributed by atoms with Crippen molar-refractivity contribution in [1.29, 1.82) is 0 Å². The molecular weight excluding hydrogens is 2500 g/mol. The summed E-state index contributed by atoms with van der Waals surface area (Å²) in [6.07, 6.45) is -10.3. The summed E-state index contributed by atoms with van der Waals surface area (Å²) >= 11 is 5.06. The van der Waals surface area contributed by atoms with E-state index in [4.69, 9.17) is 52.4 Å². The molecule has 0 aliphatic carbocycles. The third kappa shape index (κ3) is 44.2. The van der Waals surface area contributed by atoms with Gasteiger partial charge in [-0.1, -0.05) is 32.9 Å². The number of halogens is 2. The summed E-state index contributed by atoms with van der Waals surface area (Å²) in [6.45, 7) is 14.9. The number of hydrogen-bond donors (Lipinski definition) is 12. The standard InChI is InChI=1S/C11H20N3O13P3.C11H20N3O12P3.C10H17BrN3O12P3.C10H17IN3O12P3.C10H18N3O13P3/c1-6-13-11(12)7(4-15)3-14(6)10-2-8(16)9(25-10)5-24-29(20,21)27-30(22,23)26-28(17,18)19;1-6-4-14(7(2)13-11(6)12)10-3-8(15)9(24-10)5-23-28(19,20)26-29(21,22)25-27(16,17)18;2*1-5-13-10(12)6(11)3-14(5)9-2-7(15)8(24-9)4-23-28(19,20)26-29(21,22)25-27(16,17)18;1-5-12-10(11)7(15)3-13(5)9-2-6(14)8(24-9)4-23-28(19,20)26-29(21,22)25-27(16,17)18/h3,8-10,15-16H,1-2,4-5H2,(H2,12,13)(H,20,21)(H,22,23)(H2,17,18,19);4,8-10,15H,2-3,5H2,1H3,(H2,12,13)(H,19,20)(H,21,22)(H2,16,17,18);2*3,7-9,15H,1-2,4H2,(H2,12,13)(H,19,20)(H,21,22)(H2,16,17,18);3,6,8-9,14-15H,1-2,4H2,(H2,11,12)(H,19,20)(H,21,22)(H2,16,17,18)/p-20. The van der Waals surface area contributed by atoms with Crippen LogP contribution in [0.25, 0.3) is 0 Å². The highest BCUT2D eigenvalue weighted by Crippen LogP contribution is 2.66. The minimum Gasteiger partial charge on any atom is -0.790 e. The minimum atomic E-state index is -6.10.